The Morgan fingerprint density at radius 1 is 1.40 bits per heavy atom. The van der Waals surface area contributed by atoms with E-state index in [4.69, 9.17) is 9.84 Å². The van der Waals surface area contributed by atoms with Gasteiger partial charge in [0, 0.05) is 19.7 Å². The van der Waals surface area contributed by atoms with Crippen LogP contribution in [-0.4, -0.2) is 44.1 Å². The van der Waals surface area contributed by atoms with Gasteiger partial charge in [-0.05, 0) is 31.5 Å². The molecule has 0 saturated carbocycles. The lowest BCUT2D eigenvalue weighted by atomic mass is 10.2. The molecule has 5 nitrogen and oxygen atoms in total. The fourth-order valence-electron chi connectivity index (χ4n) is 1.81. The molecule has 0 heterocycles. The maximum atomic E-state index is 13.8. The first-order valence-electron chi connectivity index (χ1n) is 6.24. The highest BCUT2D eigenvalue weighted by Crippen LogP contribution is 2.22. The van der Waals surface area contributed by atoms with Crippen LogP contribution in [0.5, 0.6) is 0 Å². The summed E-state index contributed by atoms with van der Waals surface area (Å²) in [5, 5.41) is 9.06. The Bertz CT molecular complexity index is 545. The van der Waals surface area contributed by atoms with E-state index in [1.807, 2.05) is 0 Å². The van der Waals surface area contributed by atoms with Crippen molar-refractivity contribution in [2.75, 3.05) is 20.3 Å². The van der Waals surface area contributed by atoms with Gasteiger partial charge in [0.25, 0.3) is 0 Å². The normalized spacial score (nSPS) is 12.3. The van der Waals surface area contributed by atoms with Gasteiger partial charge < -0.3 is 9.84 Å². The summed E-state index contributed by atoms with van der Waals surface area (Å²) in [7, 11) is -2.50. The lowest BCUT2D eigenvalue weighted by molar-refractivity contribution is 0.170. The van der Waals surface area contributed by atoms with Crippen LogP contribution in [0.1, 0.15) is 19.4 Å². The molecule has 1 rings (SSSR count). The van der Waals surface area contributed by atoms with Crippen LogP contribution in [0, 0.1) is 5.82 Å². The lowest BCUT2D eigenvalue weighted by Crippen LogP contribution is -2.39. The van der Waals surface area contributed by atoms with E-state index in [2.05, 4.69) is 0 Å². The third-order valence-corrected chi connectivity index (χ3v) is 4.95. The third-order valence-electron chi connectivity index (χ3n) is 2.86. The van der Waals surface area contributed by atoms with Crippen LogP contribution in [0.4, 0.5) is 4.39 Å². The molecule has 20 heavy (non-hydrogen) atoms. The van der Waals surface area contributed by atoms with Gasteiger partial charge in [-0.25, -0.2) is 12.8 Å². The van der Waals surface area contributed by atoms with Gasteiger partial charge in [-0.3, -0.25) is 0 Å². The van der Waals surface area contributed by atoms with Crippen LogP contribution in [0.25, 0.3) is 0 Å². The quantitative estimate of drug-likeness (QED) is 0.826. The molecule has 0 saturated heterocycles. The summed E-state index contributed by atoms with van der Waals surface area (Å²) in [5.74, 6) is -0.828. The second-order valence-electron chi connectivity index (χ2n) is 4.63. The van der Waals surface area contributed by atoms with Gasteiger partial charge in [-0.2, -0.15) is 4.31 Å². The average molecular weight is 305 g/mol. The molecule has 0 aromatic heterocycles. The van der Waals surface area contributed by atoms with Crippen LogP contribution in [0.2, 0.25) is 0 Å². The zero-order chi connectivity index (χ0) is 15.3. The van der Waals surface area contributed by atoms with E-state index in [0.717, 1.165) is 12.1 Å². The Balaban J connectivity index is 3.25. The highest BCUT2D eigenvalue weighted by Gasteiger charge is 2.29. The SMILES string of the molecule is COCCN(C(C)C)S(=O)(=O)c1cc(CO)ccc1F. The molecule has 7 heteroatoms. The lowest BCUT2D eigenvalue weighted by Gasteiger charge is -2.26. The van der Waals surface area contributed by atoms with Gasteiger partial charge in [-0.1, -0.05) is 6.07 Å². The number of aliphatic hydroxyl groups is 1. The minimum Gasteiger partial charge on any atom is -0.392 e. The molecule has 1 N–H and O–H groups in total. The van der Waals surface area contributed by atoms with Crippen molar-refractivity contribution in [2.24, 2.45) is 0 Å². The van der Waals surface area contributed by atoms with E-state index in [0.29, 0.717) is 5.56 Å². The number of hydrogen-bond donors (Lipinski definition) is 1. The first kappa shape index (κ1) is 17.0. The zero-order valence-corrected chi connectivity index (χ0v) is 12.7. The Labute approximate surface area is 119 Å². The monoisotopic (exact) mass is 305 g/mol. The minimum absolute atomic E-state index is 0.138. The van der Waals surface area contributed by atoms with Crippen molar-refractivity contribution < 1.29 is 22.7 Å². The molecule has 0 aliphatic heterocycles. The second-order valence-corrected chi connectivity index (χ2v) is 6.48. The van der Waals surface area contributed by atoms with Crippen LogP contribution < -0.4 is 0 Å². The Morgan fingerprint density at radius 2 is 2.05 bits per heavy atom. The number of benzene rings is 1. The first-order chi connectivity index (χ1) is 9.34. The number of ether oxygens (including phenoxy) is 1. The zero-order valence-electron chi connectivity index (χ0n) is 11.8. The largest absolute Gasteiger partial charge is 0.392 e. The molecule has 0 aliphatic carbocycles. The van der Waals surface area contributed by atoms with Crippen LogP contribution in [0.15, 0.2) is 23.1 Å². The molecule has 0 spiro atoms. The molecule has 0 aliphatic rings. The van der Waals surface area contributed by atoms with E-state index in [-0.39, 0.29) is 25.8 Å². The molecule has 0 radical (unpaired) electrons. The third kappa shape index (κ3) is 3.76. The maximum Gasteiger partial charge on any atom is 0.246 e. The molecule has 0 fully saturated rings. The maximum absolute atomic E-state index is 13.8. The molecule has 0 unspecified atom stereocenters. The Morgan fingerprint density at radius 3 is 2.55 bits per heavy atom. The van der Waals surface area contributed by atoms with Gasteiger partial charge in [0.15, 0.2) is 0 Å². The van der Waals surface area contributed by atoms with Crippen molar-refractivity contribution in [3.8, 4) is 0 Å². The fraction of sp³-hybridized carbons (Fsp3) is 0.538. The van der Waals surface area contributed by atoms with Crippen molar-refractivity contribution in [3.05, 3.63) is 29.6 Å². The van der Waals surface area contributed by atoms with E-state index in [9.17, 15) is 12.8 Å². The number of halogens is 1. The summed E-state index contributed by atoms with van der Waals surface area (Å²) in [6.07, 6.45) is 0. The molecule has 0 amide bonds. The van der Waals surface area contributed by atoms with E-state index in [1.54, 1.807) is 13.8 Å². The number of hydrogen-bond acceptors (Lipinski definition) is 4. The topological polar surface area (TPSA) is 66.8 Å². The molecule has 1 aromatic rings. The Hall–Kier alpha value is -1.02. The number of nitrogens with zero attached hydrogens (tertiary/aromatic N) is 1. The minimum atomic E-state index is -3.97. The summed E-state index contributed by atoms with van der Waals surface area (Å²) >= 11 is 0. The number of rotatable bonds is 7. The van der Waals surface area contributed by atoms with Crippen LogP contribution in [0.3, 0.4) is 0 Å². The van der Waals surface area contributed by atoms with Gasteiger partial charge in [0.05, 0.1) is 13.2 Å². The van der Waals surface area contributed by atoms with Crippen molar-refractivity contribution in [1.29, 1.82) is 0 Å². The summed E-state index contributed by atoms with van der Waals surface area (Å²) in [6, 6.07) is 3.23. The highest BCUT2D eigenvalue weighted by atomic mass is 32.2. The Kier molecular flexibility index (Phi) is 6.07. The predicted octanol–water partition coefficient (Wildman–Crippen LogP) is 1.36. The highest BCUT2D eigenvalue weighted by molar-refractivity contribution is 7.89. The van der Waals surface area contributed by atoms with Gasteiger partial charge in [-0.15, -0.1) is 0 Å². The van der Waals surface area contributed by atoms with Crippen molar-refractivity contribution >= 4 is 10.0 Å². The molecular weight excluding hydrogens is 285 g/mol. The fourth-order valence-corrected chi connectivity index (χ4v) is 3.54. The predicted molar refractivity (Wildman–Crippen MR) is 73.2 cm³/mol. The van der Waals surface area contributed by atoms with Gasteiger partial charge in [0.2, 0.25) is 10.0 Å². The van der Waals surface area contributed by atoms with E-state index >= 15 is 0 Å². The summed E-state index contributed by atoms with van der Waals surface area (Å²) in [5.41, 5.74) is 0.348. The van der Waals surface area contributed by atoms with Gasteiger partial charge >= 0.3 is 0 Å². The second kappa shape index (κ2) is 7.12. The van der Waals surface area contributed by atoms with Gasteiger partial charge in [0.1, 0.15) is 10.7 Å². The molecule has 0 bridgehead atoms. The average Bonchev–Trinajstić information content (AvgIpc) is 2.38. The van der Waals surface area contributed by atoms with Crippen LogP contribution >= 0.6 is 0 Å². The number of methoxy groups -OCH3 is 1. The molecule has 1 aromatic carbocycles. The van der Waals surface area contributed by atoms with Crippen molar-refractivity contribution in [1.82, 2.24) is 4.31 Å². The van der Waals surface area contributed by atoms with E-state index < -0.39 is 20.7 Å². The smallest absolute Gasteiger partial charge is 0.246 e. The number of aliphatic hydroxyl groups excluding tert-OH is 1. The molecule has 114 valence electrons. The standard InChI is InChI=1S/C13H20FNO4S/c1-10(2)15(6-7-19-3)20(17,18)13-8-11(9-16)4-5-12(13)14/h4-5,8,10,16H,6-7,9H2,1-3H3. The summed E-state index contributed by atoms with van der Waals surface area (Å²) in [4.78, 5) is -0.422. The molecular formula is C13H20FNO4S. The summed E-state index contributed by atoms with van der Waals surface area (Å²) in [6.45, 7) is 3.43. The first-order valence-corrected chi connectivity index (χ1v) is 7.68. The van der Waals surface area contributed by atoms with Crippen molar-refractivity contribution in [2.45, 2.75) is 31.4 Å². The van der Waals surface area contributed by atoms with E-state index in [1.165, 1.54) is 17.5 Å². The number of sulfonamides is 1. The van der Waals surface area contributed by atoms with Crippen molar-refractivity contribution in [3.63, 3.8) is 0 Å². The van der Waals surface area contributed by atoms with Crippen LogP contribution in [-0.2, 0) is 21.4 Å². The molecule has 0 atom stereocenters. The summed E-state index contributed by atoms with van der Waals surface area (Å²) < 4.78 is 44.9.